The molecule has 2 atom stereocenters. The summed E-state index contributed by atoms with van der Waals surface area (Å²) < 4.78 is 5.99. The molecule has 2 aliphatic carbocycles. The number of guanidine groups is 1. The van der Waals surface area contributed by atoms with Crippen LogP contribution < -0.4 is 10.6 Å². The number of likely N-dealkylation sites (N-methyl/N-ethyl adjacent to an activating group) is 1. The topological polar surface area (TPSA) is 66.0 Å². The third-order valence-corrected chi connectivity index (χ3v) is 6.08. The SMILES string of the molecule is CCOC1CC(NC(=NCC(=O)N(C)C)NCCSC)C12CCCC2. The summed E-state index contributed by atoms with van der Waals surface area (Å²) in [7, 11) is 3.52. The van der Waals surface area contributed by atoms with Gasteiger partial charge in [0.2, 0.25) is 5.91 Å². The average molecular weight is 371 g/mol. The molecule has 0 radical (unpaired) electrons. The van der Waals surface area contributed by atoms with Crippen LogP contribution in [0.15, 0.2) is 4.99 Å². The molecule has 2 fully saturated rings. The van der Waals surface area contributed by atoms with Crippen molar-refractivity contribution in [1.82, 2.24) is 15.5 Å². The number of carbonyl (C=O) groups is 1. The first-order chi connectivity index (χ1) is 12.0. The van der Waals surface area contributed by atoms with E-state index in [9.17, 15) is 4.79 Å². The van der Waals surface area contributed by atoms with Gasteiger partial charge in [0.1, 0.15) is 6.54 Å². The van der Waals surface area contributed by atoms with E-state index in [1.165, 1.54) is 25.7 Å². The van der Waals surface area contributed by atoms with Crippen molar-refractivity contribution >= 4 is 23.6 Å². The maximum absolute atomic E-state index is 11.9. The number of hydrogen-bond donors (Lipinski definition) is 2. The summed E-state index contributed by atoms with van der Waals surface area (Å²) in [6.45, 7) is 3.88. The molecule has 2 unspecified atom stereocenters. The summed E-state index contributed by atoms with van der Waals surface area (Å²) in [6, 6.07) is 0.390. The Morgan fingerprint density at radius 1 is 1.36 bits per heavy atom. The van der Waals surface area contributed by atoms with Crippen LogP contribution in [-0.2, 0) is 9.53 Å². The van der Waals surface area contributed by atoms with Crippen molar-refractivity contribution in [2.45, 2.75) is 51.2 Å². The van der Waals surface area contributed by atoms with Crippen LogP contribution in [0.2, 0.25) is 0 Å². The molecule has 0 saturated heterocycles. The summed E-state index contributed by atoms with van der Waals surface area (Å²) in [5, 5.41) is 6.98. The molecule has 144 valence electrons. The van der Waals surface area contributed by atoms with E-state index in [2.05, 4.69) is 28.8 Å². The average Bonchev–Trinajstić information content (AvgIpc) is 3.10. The Labute approximate surface area is 156 Å². The largest absolute Gasteiger partial charge is 0.378 e. The number of aliphatic imine (C=N–C) groups is 1. The van der Waals surface area contributed by atoms with E-state index in [1.54, 1.807) is 30.8 Å². The van der Waals surface area contributed by atoms with Gasteiger partial charge in [0.25, 0.3) is 0 Å². The first-order valence-electron chi connectivity index (χ1n) is 9.39. The van der Waals surface area contributed by atoms with Crippen molar-refractivity contribution in [2.24, 2.45) is 10.4 Å². The van der Waals surface area contributed by atoms with Crippen LogP contribution in [0.3, 0.4) is 0 Å². The first kappa shape index (κ1) is 20.4. The summed E-state index contributed by atoms with van der Waals surface area (Å²) in [5.74, 6) is 1.79. The van der Waals surface area contributed by atoms with Crippen molar-refractivity contribution in [3.63, 3.8) is 0 Å². The Morgan fingerprint density at radius 2 is 2.08 bits per heavy atom. The van der Waals surface area contributed by atoms with Crippen LogP contribution in [0.4, 0.5) is 0 Å². The van der Waals surface area contributed by atoms with E-state index in [4.69, 9.17) is 4.74 Å². The highest BCUT2D eigenvalue weighted by molar-refractivity contribution is 7.98. The van der Waals surface area contributed by atoms with Crippen LogP contribution in [0.25, 0.3) is 0 Å². The van der Waals surface area contributed by atoms with E-state index in [0.717, 1.165) is 31.3 Å². The predicted molar refractivity (Wildman–Crippen MR) is 105 cm³/mol. The van der Waals surface area contributed by atoms with Crippen molar-refractivity contribution in [3.8, 4) is 0 Å². The molecule has 0 aromatic rings. The Bertz CT molecular complexity index is 464. The zero-order valence-corrected chi connectivity index (χ0v) is 17.0. The molecule has 2 saturated carbocycles. The molecule has 0 heterocycles. The fraction of sp³-hybridized carbons (Fsp3) is 0.889. The number of rotatable bonds is 8. The Hall–Kier alpha value is -0.950. The second-order valence-electron chi connectivity index (χ2n) is 7.19. The standard InChI is InChI=1S/C18H34N4O2S/c1-5-24-15-12-14(18(15)8-6-7-9-18)21-17(19-10-11-25-4)20-13-16(23)22(2)3/h14-15H,5-13H2,1-4H3,(H2,19,20,21). The van der Waals surface area contributed by atoms with E-state index < -0.39 is 0 Å². The van der Waals surface area contributed by atoms with Crippen LogP contribution in [0.5, 0.6) is 0 Å². The summed E-state index contributed by atoms with van der Waals surface area (Å²) in [4.78, 5) is 18.0. The summed E-state index contributed by atoms with van der Waals surface area (Å²) in [5.41, 5.74) is 0.253. The molecule has 1 spiro atoms. The lowest BCUT2D eigenvalue weighted by molar-refractivity contribution is -0.127. The third-order valence-electron chi connectivity index (χ3n) is 5.47. The lowest BCUT2D eigenvalue weighted by Crippen LogP contribution is -2.65. The van der Waals surface area contributed by atoms with E-state index in [0.29, 0.717) is 12.1 Å². The molecular formula is C18H34N4O2S. The fourth-order valence-corrected chi connectivity index (χ4v) is 4.27. The van der Waals surface area contributed by atoms with Crippen molar-refractivity contribution in [2.75, 3.05) is 45.8 Å². The minimum Gasteiger partial charge on any atom is -0.378 e. The molecule has 2 rings (SSSR count). The lowest BCUT2D eigenvalue weighted by atomic mass is 9.60. The Balaban J connectivity index is 2.00. The van der Waals surface area contributed by atoms with Gasteiger partial charge in [-0.15, -0.1) is 0 Å². The second kappa shape index (κ2) is 9.67. The first-order valence-corrected chi connectivity index (χ1v) is 10.8. The summed E-state index contributed by atoms with van der Waals surface area (Å²) >= 11 is 1.80. The molecule has 1 amide bonds. The van der Waals surface area contributed by atoms with Crippen molar-refractivity contribution < 1.29 is 9.53 Å². The number of carbonyl (C=O) groups excluding carboxylic acids is 1. The Morgan fingerprint density at radius 3 is 2.68 bits per heavy atom. The molecule has 25 heavy (non-hydrogen) atoms. The zero-order chi connectivity index (χ0) is 18.3. The van der Waals surface area contributed by atoms with Gasteiger partial charge in [-0.05, 0) is 32.4 Å². The predicted octanol–water partition coefficient (Wildman–Crippen LogP) is 1.71. The van der Waals surface area contributed by atoms with Crippen LogP contribution in [0, 0.1) is 5.41 Å². The van der Waals surface area contributed by atoms with Gasteiger partial charge < -0.3 is 20.3 Å². The van der Waals surface area contributed by atoms with Gasteiger partial charge in [-0.1, -0.05) is 12.8 Å². The van der Waals surface area contributed by atoms with Gasteiger partial charge >= 0.3 is 0 Å². The van der Waals surface area contributed by atoms with Crippen molar-refractivity contribution in [3.05, 3.63) is 0 Å². The van der Waals surface area contributed by atoms with Gasteiger partial charge in [0, 0.05) is 44.5 Å². The minimum absolute atomic E-state index is 0.0161. The third kappa shape index (κ3) is 5.03. The van der Waals surface area contributed by atoms with Crippen LogP contribution in [-0.4, -0.2) is 74.7 Å². The molecule has 2 N–H and O–H groups in total. The van der Waals surface area contributed by atoms with Gasteiger partial charge in [0.05, 0.1) is 6.10 Å². The highest BCUT2D eigenvalue weighted by Gasteiger charge is 2.56. The van der Waals surface area contributed by atoms with Crippen LogP contribution >= 0.6 is 11.8 Å². The molecule has 6 nitrogen and oxygen atoms in total. The van der Waals surface area contributed by atoms with Crippen LogP contribution in [0.1, 0.15) is 39.0 Å². The van der Waals surface area contributed by atoms with Gasteiger partial charge in [-0.2, -0.15) is 11.8 Å². The van der Waals surface area contributed by atoms with E-state index in [-0.39, 0.29) is 17.9 Å². The van der Waals surface area contributed by atoms with E-state index >= 15 is 0 Å². The quantitative estimate of drug-likeness (QED) is 0.387. The number of ether oxygens (including phenoxy) is 1. The van der Waals surface area contributed by atoms with Gasteiger partial charge in [0.15, 0.2) is 5.96 Å². The number of nitrogens with zero attached hydrogens (tertiary/aromatic N) is 2. The maximum atomic E-state index is 11.9. The van der Waals surface area contributed by atoms with E-state index in [1.807, 2.05) is 0 Å². The van der Waals surface area contributed by atoms with Crippen molar-refractivity contribution in [1.29, 1.82) is 0 Å². The molecule has 7 heteroatoms. The molecule has 0 aromatic heterocycles. The molecule has 0 aliphatic heterocycles. The molecule has 0 bridgehead atoms. The second-order valence-corrected chi connectivity index (χ2v) is 8.18. The maximum Gasteiger partial charge on any atom is 0.243 e. The number of hydrogen-bond acceptors (Lipinski definition) is 4. The Kier molecular flexibility index (Phi) is 7.87. The normalized spacial score (nSPS) is 24.9. The number of amides is 1. The fourth-order valence-electron chi connectivity index (χ4n) is 3.97. The van der Waals surface area contributed by atoms with Gasteiger partial charge in [-0.25, -0.2) is 4.99 Å². The smallest absolute Gasteiger partial charge is 0.243 e. The number of thioether (sulfide) groups is 1. The van der Waals surface area contributed by atoms with Gasteiger partial charge in [-0.3, -0.25) is 4.79 Å². The lowest BCUT2D eigenvalue weighted by Gasteiger charge is -2.54. The number of nitrogens with one attached hydrogen (secondary N) is 2. The highest BCUT2D eigenvalue weighted by Crippen LogP contribution is 2.54. The zero-order valence-electron chi connectivity index (χ0n) is 16.1. The monoisotopic (exact) mass is 370 g/mol. The molecular weight excluding hydrogens is 336 g/mol. The molecule has 2 aliphatic rings. The highest BCUT2D eigenvalue weighted by atomic mass is 32.2. The minimum atomic E-state index is 0.0161. The summed E-state index contributed by atoms with van der Waals surface area (Å²) in [6.07, 6.45) is 8.51. The molecule has 0 aromatic carbocycles.